The van der Waals surface area contributed by atoms with E-state index in [9.17, 15) is 0 Å². The second-order valence-corrected chi connectivity index (χ2v) is 9.12. The van der Waals surface area contributed by atoms with E-state index in [4.69, 9.17) is 0 Å². The molecule has 1 aliphatic heterocycles. The van der Waals surface area contributed by atoms with E-state index in [-0.39, 0.29) is 12.4 Å². The molecule has 0 aromatic heterocycles. The van der Waals surface area contributed by atoms with Crippen molar-refractivity contribution in [2.24, 2.45) is 5.41 Å². The van der Waals surface area contributed by atoms with E-state index in [1.807, 2.05) is 0 Å². The topological polar surface area (TPSA) is 3.24 Å². The zero-order chi connectivity index (χ0) is 17.9. The minimum absolute atomic E-state index is 0. The van der Waals surface area contributed by atoms with E-state index in [1.165, 1.54) is 103 Å². The van der Waals surface area contributed by atoms with E-state index < -0.39 is 0 Å². The van der Waals surface area contributed by atoms with Crippen LogP contribution in [0, 0.1) is 5.41 Å². The molecule has 1 nitrogen and oxygen atoms in total. The summed E-state index contributed by atoms with van der Waals surface area (Å²) in [7, 11) is 0. The molecular weight excluding hydrogens is 326 g/mol. The fourth-order valence-corrected chi connectivity index (χ4v) is 4.42. The number of nitrogens with zero attached hydrogens (tertiary/aromatic N) is 1. The van der Waals surface area contributed by atoms with Crippen molar-refractivity contribution in [3.63, 3.8) is 0 Å². The van der Waals surface area contributed by atoms with E-state index in [1.54, 1.807) is 0 Å². The molecule has 0 aliphatic carbocycles. The van der Waals surface area contributed by atoms with Gasteiger partial charge in [0.05, 0.1) is 0 Å². The third-order valence-corrected chi connectivity index (χ3v) is 6.98. The largest absolute Gasteiger partial charge is 0.298 e. The Morgan fingerprint density at radius 2 is 1.20 bits per heavy atom. The lowest BCUT2D eigenvalue weighted by Crippen LogP contribution is -2.51. The fourth-order valence-electron chi connectivity index (χ4n) is 4.42. The zero-order valence-corrected chi connectivity index (χ0v) is 19.0. The van der Waals surface area contributed by atoms with Gasteiger partial charge in [-0.05, 0) is 51.1 Å². The summed E-state index contributed by atoms with van der Waals surface area (Å²) in [4.78, 5) is 2.89. The van der Waals surface area contributed by atoms with Gasteiger partial charge in [0.25, 0.3) is 0 Å². The molecule has 1 unspecified atom stereocenters. The van der Waals surface area contributed by atoms with Gasteiger partial charge in [-0.2, -0.15) is 0 Å². The maximum Gasteiger partial charge on any atom is 0.0181 e. The predicted molar refractivity (Wildman–Crippen MR) is 117 cm³/mol. The number of likely N-dealkylation sites (tertiary alicyclic amines) is 1. The molecule has 0 spiro atoms. The molecular formula is C23H48ClN. The van der Waals surface area contributed by atoms with Crippen molar-refractivity contribution >= 4 is 12.4 Å². The zero-order valence-electron chi connectivity index (χ0n) is 18.2. The average molecular weight is 374 g/mol. The summed E-state index contributed by atoms with van der Waals surface area (Å²) in [5.74, 6) is 0. The van der Waals surface area contributed by atoms with Gasteiger partial charge >= 0.3 is 0 Å². The van der Waals surface area contributed by atoms with Gasteiger partial charge in [-0.3, -0.25) is 4.90 Å². The Hall–Kier alpha value is 0.250. The molecule has 1 fully saturated rings. The molecule has 1 atom stereocenters. The van der Waals surface area contributed by atoms with Gasteiger partial charge in [-0.15, -0.1) is 12.4 Å². The highest BCUT2D eigenvalue weighted by Crippen LogP contribution is 2.39. The van der Waals surface area contributed by atoms with Crippen LogP contribution < -0.4 is 0 Å². The highest BCUT2D eigenvalue weighted by atomic mass is 35.5. The second kappa shape index (κ2) is 13.4. The normalized spacial score (nSPS) is 20.0. The molecule has 0 aromatic carbocycles. The summed E-state index contributed by atoms with van der Waals surface area (Å²) < 4.78 is 0. The molecule has 0 bridgehead atoms. The smallest absolute Gasteiger partial charge is 0.0181 e. The standard InChI is InChI=1S/C23H47N.ClH/c1-6-9-11-13-15-17-23(5,16-14-12-10-7-2)24-20-18-22(4,8-3)19-21-24;/h6-21H2,1-5H3;1H. The Labute approximate surface area is 166 Å². The first-order valence-electron chi connectivity index (χ1n) is 11.2. The lowest BCUT2D eigenvalue weighted by Gasteiger charge is -2.48. The SMILES string of the molecule is CCCCCCCC(C)(CCCCCC)N1CCC(C)(CC)CC1.Cl. The van der Waals surface area contributed by atoms with Crippen LogP contribution in [0.15, 0.2) is 0 Å². The highest BCUT2D eigenvalue weighted by molar-refractivity contribution is 5.85. The average Bonchev–Trinajstić information content (AvgIpc) is 2.59. The van der Waals surface area contributed by atoms with Gasteiger partial charge in [0.1, 0.15) is 0 Å². The molecule has 1 rings (SSSR count). The van der Waals surface area contributed by atoms with Crippen LogP contribution in [-0.4, -0.2) is 23.5 Å². The van der Waals surface area contributed by atoms with Crippen LogP contribution in [-0.2, 0) is 0 Å². The maximum atomic E-state index is 2.89. The minimum Gasteiger partial charge on any atom is -0.298 e. The summed E-state index contributed by atoms with van der Waals surface area (Å²) in [6, 6.07) is 0. The van der Waals surface area contributed by atoms with Crippen molar-refractivity contribution in [3.05, 3.63) is 0 Å². The highest BCUT2D eigenvalue weighted by Gasteiger charge is 2.36. The number of hydrogen-bond acceptors (Lipinski definition) is 1. The van der Waals surface area contributed by atoms with E-state index in [2.05, 4.69) is 39.5 Å². The quantitative estimate of drug-likeness (QED) is 0.295. The molecule has 2 heteroatoms. The second-order valence-electron chi connectivity index (χ2n) is 9.12. The van der Waals surface area contributed by atoms with Gasteiger partial charge in [0.2, 0.25) is 0 Å². The first-order chi connectivity index (χ1) is 11.5. The number of halogens is 1. The summed E-state index contributed by atoms with van der Waals surface area (Å²) in [6.07, 6.45) is 19.7. The van der Waals surface area contributed by atoms with Crippen molar-refractivity contribution in [1.82, 2.24) is 4.90 Å². The molecule has 25 heavy (non-hydrogen) atoms. The summed E-state index contributed by atoms with van der Waals surface area (Å²) in [5, 5.41) is 0. The Bertz CT molecular complexity index is 309. The van der Waals surface area contributed by atoms with Crippen molar-refractivity contribution in [2.75, 3.05) is 13.1 Å². The van der Waals surface area contributed by atoms with Gasteiger partial charge in [0.15, 0.2) is 0 Å². The number of unbranched alkanes of at least 4 members (excludes halogenated alkanes) is 7. The molecule has 1 saturated heterocycles. The molecule has 152 valence electrons. The number of hydrogen-bond donors (Lipinski definition) is 0. The Balaban J connectivity index is 0.00000576. The third kappa shape index (κ3) is 9.14. The van der Waals surface area contributed by atoms with Crippen LogP contribution in [0.2, 0.25) is 0 Å². The number of piperidine rings is 1. The maximum absolute atomic E-state index is 2.89. The molecule has 1 aliphatic rings. The van der Waals surface area contributed by atoms with Gasteiger partial charge in [-0.1, -0.05) is 91.9 Å². The predicted octanol–water partition coefficient (Wildman–Crippen LogP) is 8.01. The van der Waals surface area contributed by atoms with Gasteiger partial charge in [0, 0.05) is 5.54 Å². The monoisotopic (exact) mass is 373 g/mol. The Kier molecular flexibility index (Phi) is 13.6. The van der Waals surface area contributed by atoms with Crippen LogP contribution >= 0.6 is 12.4 Å². The first kappa shape index (κ1) is 25.2. The van der Waals surface area contributed by atoms with Crippen LogP contribution in [0.4, 0.5) is 0 Å². The van der Waals surface area contributed by atoms with Crippen LogP contribution in [0.25, 0.3) is 0 Å². The minimum atomic E-state index is 0. The van der Waals surface area contributed by atoms with Crippen LogP contribution in [0.1, 0.15) is 125 Å². The first-order valence-corrected chi connectivity index (χ1v) is 11.2. The van der Waals surface area contributed by atoms with Crippen molar-refractivity contribution < 1.29 is 0 Å². The number of rotatable bonds is 13. The van der Waals surface area contributed by atoms with E-state index >= 15 is 0 Å². The third-order valence-electron chi connectivity index (χ3n) is 6.98. The van der Waals surface area contributed by atoms with Gasteiger partial charge < -0.3 is 0 Å². The van der Waals surface area contributed by atoms with Gasteiger partial charge in [-0.25, -0.2) is 0 Å². The van der Waals surface area contributed by atoms with Crippen molar-refractivity contribution in [2.45, 2.75) is 130 Å². The Morgan fingerprint density at radius 1 is 0.760 bits per heavy atom. The van der Waals surface area contributed by atoms with E-state index in [0.717, 1.165) is 0 Å². The molecule has 0 aromatic rings. The Morgan fingerprint density at radius 3 is 1.64 bits per heavy atom. The summed E-state index contributed by atoms with van der Waals surface area (Å²) in [6.45, 7) is 14.8. The van der Waals surface area contributed by atoms with Crippen molar-refractivity contribution in [3.8, 4) is 0 Å². The van der Waals surface area contributed by atoms with Crippen molar-refractivity contribution in [1.29, 1.82) is 0 Å². The molecule has 0 N–H and O–H groups in total. The summed E-state index contributed by atoms with van der Waals surface area (Å²) in [5.41, 5.74) is 1.08. The van der Waals surface area contributed by atoms with Crippen LogP contribution in [0.3, 0.4) is 0 Å². The molecule has 0 radical (unpaired) electrons. The lowest BCUT2D eigenvalue weighted by atomic mass is 9.76. The fraction of sp³-hybridized carbons (Fsp3) is 1.00. The molecule has 0 amide bonds. The summed E-state index contributed by atoms with van der Waals surface area (Å²) >= 11 is 0. The van der Waals surface area contributed by atoms with E-state index in [0.29, 0.717) is 11.0 Å². The molecule has 0 saturated carbocycles. The molecule has 1 heterocycles. The lowest BCUT2D eigenvalue weighted by molar-refractivity contribution is 0.0174. The van der Waals surface area contributed by atoms with Crippen LogP contribution in [0.5, 0.6) is 0 Å².